The maximum Gasteiger partial charge on any atom is 0.217 e. The Morgan fingerprint density at radius 1 is 1.13 bits per heavy atom. The molecule has 1 fully saturated rings. The van der Waals surface area contributed by atoms with Crippen LogP contribution in [-0.2, 0) is 36.1 Å². The van der Waals surface area contributed by atoms with Gasteiger partial charge in [-0.2, -0.15) is 19.8 Å². The lowest BCUT2D eigenvalue weighted by Gasteiger charge is -2.26. The second kappa shape index (κ2) is 8.42. The fourth-order valence-corrected chi connectivity index (χ4v) is 7.32. The van der Waals surface area contributed by atoms with Gasteiger partial charge in [-0.25, -0.2) is 17.2 Å². The summed E-state index contributed by atoms with van der Waals surface area (Å²) in [5.74, 6) is -1.37. The first-order valence-electron chi connectivity index (χ1n) is 12.5. The van der Waals surface area contributed by atoms with Crippen molar-refractivity contribution in [2.45, 2.75) is 44.1 Å². The van der Waals surface area contributed by atoms with Crippen molar-refractivity contribution in [3.8, 4) is 28.6 Å². The highest BCUT2D eigenvalue weighted by Crippen LogP contribution is 2.38. The summed E-state index contributed by atoms with van der Waals surface area (Å²) in [5, 5.41) is 25.2. The average Bonchev–Trinajstić information content (AvgIpc) is 3.58. The van der Waals surface area contributed by atoms with E-state index in [1.165, 1.54) is 16.4 Å². The Kier molecular flexibility index (Phi) is 5.20. The van der Waals surface area contributed by atoms with Crippen LogP contribution in [0.15, 0.2) is 24.3 Å². The quantitative estimate of drug-likeness (QED) is 0.414. The SMILES string of the molecule is N#Cc1cc2[nH]nc(-c3cc4n(n3)CCN(S(=O)(=O)C3CC3)C4)c2cc1-c1c(F)cc2c(c1F)CNCC2. The number of hydrogen-bond acceptors (Lipinski definition) is 6. The van der Waals surface area contributed by atoms with Crippen molar-refractivity contribution in [1.29, 1.82) is 5.26 Å². The molecule has 7 rings (SSSR count). The summed E-state index contributed by atoms with van der Waals surface area (Å²) in [5.41, 5.74) is 3.35. The monoisotopic (exact) mass is 535 g/mol. The van der Waals surface area contributed by atoms with Gasteiger partial charge in [-0.15, -0.1) is 0 Å². The molecular formula is C26H23F2N7O2S. The summed E-state index contributed by atoms with van der Waals surface area (Å²) in [6.07, 6.45) is 1.94. The topological polar surface area (TPSA) is 120 Å². The van der Waals surface area contributed by atoms with Crippen LogP contribution in [0.1, 0.15) is 35.2 Å². The minimum atomic E-state index is -3.31. The number of hydrogen-bond donors (Lipinski definition) is 2. The van der Waals surface area contributed by atoms with Crippen LogP contribution in [0.4, 0.5) is 8.78 Å². The summed E-state index contributed by atoms with van der Waals surface area (Å²) >= 11 is 0. The van der Waals surface area contributed by atoms with Crippen molar-refractivity contribution >= 4 is 20.9 Å². The zero-order valence-corrected chi connectivity index (χ0v) is 21.1. The maximum absolute atomic E-state index is 15.6. The fraction of sp³-hybridized carbons (Fsp3) is 0.346. The predicted octanol–water partition coefficient (Wildman–Crippen LogP) is 3.20. The third-order valence-corrected chi connectivity index (χ3v) is 10.0. The van der Waals surface area contributed by atoms with E-state index in [1.54, 1.807) is 16.8 Å². The Balaban J connectivity index is 1.32. The molecule has 1 saturated carbocycles. The van der Waals surface area contributed by atoms with Gasteiger partial charge in [0.25, 0.3) is 0 Å². The van der Waals surface area contributed by atoms with Gasteiger partial charge >= 0.3 is 0 Å². The number of halogens is 2. The van der Waals surface area contributed by atoms with Crippen LogP contribution in [0.3, 0.4) is 0 Å². The highest BCUT2D eigenvalue weighted by Gasteiger charge is 2.41. The maximum atomic E-state index is 15.6. The van der Waals surface area contributed by atoms with Crippen molar-refractivity contribution in [3.05, 3.63) is 58.3 Å². The van der Waals surface area contributed by atoms with Crippen molar-refractivity contribution in [2.24, 2.45) is 0 Å². The first kappa shape index (κ1) is 23.5. The number of aromatic nitrogens is 4. The zero-order chi connectivity index (χ0) is 26.2. The molecule has 0 atom stereocenters. The van der Waals surface area contributed by atoms with Gasteiger partial charge in [0.2, 0.25) is 10.0 Å². The van der Waals surface area contributed by atoms with E-state index in [0.717, 1.165) is 5.69 Å². The number of sulfonamides is 1. The van der Waals surface area contributed by atoms with Crippen LogP contribution in [0.25, 0.3) is 33.4 Å². The van der Waals surface area contributed by atoms with Crippen molar-refractivity contribution in [2.75, 3.05) is 13.1 Å². The number of H-pyrrole nitrogens is 1. The van der Waals surface area contributed by atoms with Gasteiger partial charge < -0.3 is 5.32 Å². The predicted molar refractivity (Wildman–Crippen MR) is 135 cm³/mol. The molecular weight excluding hydrogens is 512 g/mol. The first-order valence-corrected chi connectivity index (χ1v) is 14.0. The molecule has 38 heavy (non-hydrogen) atoms. The molecule has 4 aromatic rings. The summed E-state index contributed by atoms with van der Waals surface area (Å²) in [6.45, 7) is 1.96. The van der Waals surface area contributed by atoms with E-state index in [1.807, 2.05) is 0 Å². The normalized spacial score (nSPS) is 17.8. The van der Waals surface area contributed by atoms with E-state index in [-0.39, 0.29) is 28.5 Å². The molecule has 2 aromatic heterocycles. The zero-order valence-electron chi connectivity index (χ0n) is 20.3. The Bertz CT molecular complexity index is 1780. The standard InChI is InChI=1S/C26H23F2N7O2S/c27-21-7-14-3-4-30-12-20(14)25(28)24(21)18-10-19-22(8-15(18)11-29)31-32-26(19)23-9-16-13-34(5-6-35(16)33-23)38(36,37)17-1-2-17/h7-10,17,30H,1-6,12-13H2,(H,31,32). The number of rotatable bonds is 4. The lowest BCUT2D eigenvalue weighted by atomic mass is 9.91. The summed E-state index contributed by atoms with van der Waals surface area (Å²) in [4.78, 5) is 0. The number of aromatic amines is 1. The summed E-state index contributed by atoms with van der Waals surface area (Å²) in [7, 11) is -3.31. The van der Waals surface area contributed by atoms with E-state index < -0.39 is 21.7 Å². The second-order valence-electron chi connectivity index (χ2n) is 10.1. The van der Waals surface area contributed by atoms with Gasteiger partial charge in [-0.05, 0) is 55.6 Å². The smallest absolute Gasteiger partial charge is 0.217 e. The molecule has 2 N–H and O–H groups in total. The lowest BCUT2D eigenvalue weighted by Crippen LogP contribution is -2.40. The van der Waals surface area contributed by atoms with Crippen molar-refractivity contribution in [1.82, 2.24) is 29.6 Å². The number of nitriles is 1. The van der Waals surface area contributed by atoms with Crippen LogP contribution < -0.4 is 5.32 Å². The minimum absolute atomic E-state index is 0.124. The van der Waals surface area contributed by atoms with E-state index in [9.17, 15) is 13.7 Å². The molecule has 12 heteroatoms. The van der Waals surface area contributed by atoms with Crippen LogP contribution in [0.2, 0.25) is 0 Å². The second-order valence-corrected chi connectivity index (χ2v) is 12.3. The third kappa shape index (κ3) is 3.57. The van der Waals surface area contributed by atoms with Crippen LogP contribution in [0.5, 0.6) is 0 Å². The highest BCUT2D eigenvalue weighted by molar-refractivity contribution is 7.90. The molecule has 194 valence electrons. The highest BCUT2D eigenvalue weighted by atomic mass is 32.2. The van der Waals surface area contributed by atoms with Gasteiger partial charge in [0.15, 0.2) is 0 Å². The number of nitrogens with zero attached hydrogens (tertiary/aromatic N) is 5. The molecule has 2 aliphatic heterocycles. The first-order chi connectivity index (χ1) is 18.3. The van der Waals surface area contributed by atoms with E-state index in [0.29, 0.717) is 78.9 Å². The molecule has 2 aromatic carbocycles. The molecule has 0 unspecified atom stereocenters. The Hall–Kier alpha value is -3.66. The number of fused-ring (bicyclic) bond motifs is 3. The van der Waals surface area contributed by atoms with Crippen LogP contribution in [-0.4, -0.2) is 51.0 Å². The largest absolute Gasteiger partial charge is 0.312 e. The Morgan fingerprint density at radius 2 is 1.97 bits per heavy atom. The van der Waals surface area contributed by atoms with Crippen molar-refractivity contribution in [3.63, 3.8) is 0 Å². The molecule has 0 amide bonds. The average molecular weight is 536 g/mol. The molecule has 9 nitrogen and oxygen atoms in total. The van der Waals surface area contributed by atoms with Gasteiger partial charge in [0.05, 0.1) is 46.7 Å². The minimum Gasteiger partial charge on any atom is -0.312 e. The van der Waals surface area contributed by atoms with Gasteiger partial charge in [0, 0.05) is 29.6 Å². The molecule has 3 aliphatic rings. The molecule has 4 heterocycles. The Morgan fingerprint density at radius 3 is 2.76 bits per heavy atom. The van der Waals surface area contributed by atoms with Gasteiger partial charge in [-0.3, -0.25) is 9.78 Å². The molecule has 0 spiro atoms. The van der Waals surface area contributed by atoms with Gasteiger partial charge in [0.1, 0.15) is 23.0 Å². The van der Waals surface area contributed by atoms with Crippen LogP contribution >= 0.6 is 0 Å². The summed E-state index contributed by atoms with van der Waals surface area (Å²) < 4.78 is 59.7. The molecule has 1 aliphatic carbocycles. The van der Waals surface area contributed by atoms with E-state index in [2.05, 4.69) is 26.7 Å². The van der Waals surface area contributed by atoms with Crippen molar-refractivity contribution < 1.29 is 17.2 Å². The summed E-state index contributed by atoms with van der Waals surface area (Å²) in [6, 6.07) is 8.35. The number of benzene rings is 2. The van der Waals surface area contributed by atoms with Gasteiger partial charge in [-0.1, -0.05) is 0 Å². The lowest BCUT2D eigenvalue weighted by molar-refractivity contribution is 0.326. The van der Waals surface area contributed by atoms with E-state index in [4.69, 9.17) is 0 Å². The van der Waals surface area contributed by atoms with Crippen LogP contribution in [0, 0.1) is 23.0 Å². The van der Waals surface area contributed by atoms with E-state index >= 15 is 8.78 Å². The molecule has 0 bridgehead atoms. The molecule has 0 radical (unpaired) electrons. The fourth-order valence-electron chi connectivity index (χ4n) is 5.52. The number of nitrogens with one attached hydrogen (secondary N) is 2. The Labute approximate surface area is 217 Å². The third-order valence-electron chi connectivity index (χ3n) is 7.69. The molecule has 0 saturated heterocycles.